The van der Waals surface area contributed by atoms with Crippen molar-refractivity contribution in [3.8, 4) is 0 Å². The number of pyridine rings is 1. The van der Waals surface area contributed by atoms with Gasteiger partial charge < -0.3 is 10.2 Å². The van der Waals surface area contributed by atoms with E-state index >= 15 is 0 Å². The first-order valence-electron chi connectivity index (χ1n) is 11.4. The zero-order chi connectivity index (χ0) is 23.4. The Morgan fingerprint density at radius 2 is 1.88 bits per heavy atom. The highest BCUT2D eigenvalue weighted by Crippen LogP contribution is 2.29. The van der Waals surface area contributed by atoms with Gasteiger partial charge in [0.2, 0.25) is 5.91 Å². The van der Waals surface area contributed by atoms with E-state index in [2.05, 4.69) is 17.2 Å². The highest BCUT2D eigenvalue weighted by Gasteiger charge is 2.33. The summed E-state index contributed by atoms with van der Waals surface area (Å²) in [5, 5.41) is 4.56. The number of thiophene rings is 1. The minimum Gasteiger partial charge on any atom is -0.352 e. The van der Waals surface area contributed by atoms with Crippen LogP contribution in [0.3, 0.4) is 0 Å². The number of hydrogen-bond donors (Lipinski definition) is 1. The fourth-order valence-corrected chi connectivity index (χ4v) is 7.06. The molecular weight excluding hydrogens is 460 g/mol. The highest BCUT2D eigenvalue weighted by atomic mass is 32.2. The maximum absolute atomic E-state index is 13.1. The van der Waals surface area contributed by atoms with Crippen LogP contribution in [-0.4, -0.2) is 60.6 Å². The van der Waals surface area contributed by atoms with Crippen molar-refractivity contribution in [2.45, 2.75) is 43.4 Å². The topological polar surface area (TPSA) is 99.7 Å². The van der Waals surface area contributed by atoms with Crippen LogP contribution >= 0.6 is 11.3 Å². The Balaban J connectivity index is 1.31. The Hall–Kier alpha value is -2.30. The van der Waals surface area contributed by atoms with Crippen LogP contribution in [0.15, 0.2) is 40.2 Å². The van der Waals surface area contributed by atoms with E-state index in [1.807, 2.05) is 17.0 Å². The van der Waals surface area contributed by atoms with Crippen molar-refractivity contribution in [1.82, 2.24) is 19.5 Å². The van der Waals surface area contributed by atoms with Crippen LogP contribution in [0.25, 0.3) is 0 Å². The third-order valence-electron chi connectivity index (χ3n) is 6.50. The lowest BCUT2D eigenvalue weighted by Crippen LogP contribution is -2.42. The molecule has 178 valence electrons. The average Bonchev–Trinajstić information content (AvgIpc) is 3.35. The summed E-state index contributed by atoms with van der Waals surface area (Å²) in [5.41, 5.74) is 1.37. The lowest BCUT2D eigenvalue weighted by atomic mass is 9.97. The number of carbonyl (C=O) groups is 2. The van der Waals surface area contributed by atoms with Gasteiger partial charge in [-0.05, 0) is 49.3 Å². The molecule has 1 N–H and O–H groups in total. The van der Waals surface area contributed by atoms with Crippen LogP contribution in [0.2, 0.25) is 0 Å². The van der Waals surface area contributed by atoms with Crippen LogP contribution in [0.1, 0.15) is 48.5 Å². The van der Waals surface area contributed by atoms with Gasteiger partial charge in [-0.3, -0.25) is 14.6 Å². The first kappa shape index (κ1) is 23.8. The van der Waals surface area contributed by atoms with E-state index in [-0.39, 0.29) is 21.9 Å². The Labute approximate surface area is 199 Å². The van der Waals surface area contributed by atoms with E-state index in [0.29, 0.717) is 57.0 Å². The van der Waals surface area contributed by atoms with E-state index in [9.17, 15) is 18.0 Å². The van der Waals surface area contributed by atoms with Crippen molar-refractivity contribution < 1.29 is 18.0 Å². The van der Waals surface area contributed by atoms with Gasteiger partial charge in [-0.25, -0.2) is 8.42 Å². The molecule has 2 aliphatic rings. The van der Waals surface area contributed by atoms with Gasteiger partial charge in [0.15, 0.2) is 0 Å². The smallest absolute Gasteiger partial charge is 0.254 e. The summed E-state index contributed by atoms with van der Waals surface area (Å²) >= 11 is 1.09. The van der Waals surface area contributed by atoms with E-state index in [0.717, 1.165) is 29.7 Å². The molecular formula is C23H30N4O4S2. The molecule has 8 nitrogen and oxygen atoms in total. The molecule has 4 heterocycles. The summed E-state index contributed by atoms with van der Waals surface area (Å²) in [5.74, 6) is 0.252. The number of aromatic nitrogens is 1. The maximum atomic E-state index is 13.1. The second-order valence-electron chi connectivity index (χ2n) is 8.89. The fourth-order valence-electron chi connectivity index (χ4n) is 4.28. The molecule has 10 heteroatoms. The van der Waals surface area contributed by atoms with Crippen molar-refractivity contribution in [3.05, 3.63) is 47.1 Å². The van der Waals surface area contributed by atoms with Crippen LogP contribution in [-0.2, 0) is 21.4 Å². The van der Waals surface area contributed by atoms with E-state index in [1.54, 1.807) is 17.8 Å². The number of nitrogens with one attached hydrogen (secondary N) is 1. The van der Waals surface area contributed by atoms with Gasteiger partial charge >= 0.3 is 0 Å². The molecule has 0 atom stereocenters. The number of nitrogens with zero attached hydrogens (tertiary/aromatic N) is 3. The van der Waals surface area contributed by atoms with Gasteiger partial charge in [0, 0.05) is 56.4 Å². The largest absolute Gasteiger partial charge is 0.352 e. The maximum Gasteiger partial charge on any atom is 0.254 e. The lowest BCUT2D eigenvalue weighted by molar-refractivity contribution is -0.126. The molecule has 0 radical (unpaired) electrons. The van der Waals surface area contributed by atoms with Crippen LogP contribution in [0, 0.1) is 11.8 Å². The highest BCUT2D eigenvalue weighted by molar-refractivity contribution is 7.91. The van der Waals surface area contributed by atoms with E-state index in [4.69, 9.17) is 0 Å². The SMILES string of the molecule is CC1CCN(C(=O)c2csc(S(=O)(=O)N3CCC(C(=O)NCc4cccnc4)CC3)c2)CC1. The molecule has 2 aliphatic heterocycles. The molecule has 0 aliphatic carbocycles. The first-order chi connectivity index (χ1) is 15.8. The number of amides is 2. The molecule has 0 unspecified atom stereocenters. The molecule has 4 rings (SSSR count). The van der Waals surface area contributed by atoms with Crippen LogP contribution in [0.4, 0.5) is 0 Å². The normalized spacial score (nSPS) is 18.9. The third kappa shape index (κ3) is 5.62. The van der Waals surface area contributed by atoms with Crippen molar-refractivity contribution >= 4 is 33.2 Å². The number of likely N-dealkylation sites (tertiary alicyclic amines) is 1. The molecule has 0 aromatic carbocycles. The molecule has 2 fully saturated rings. The van der Waals surface area contributed by atoms with E-state index in [1.165, 1.54) is 10.4 Å². The minimum absolute atomic E-state index is 0.0595. The summed E-state index contributed by atoms with van der Waals surface area (Å²) in [7, 11) is -3.68. The summed E-state index contributed by atoms with van der Waals surface area (Å²) in [4.78, 5) is 31.1. The lowest BCUT2D eigenvalue weighted by Gasteiger charge is -2.30. The Morgan fingerprint density at radius 1 is 1.15 bits per heavy atom. The van der Waals surface area contributed by atoms with Gasteiger partial charge in [0.25, 0.3) is 15.9 Å². The average molecular weight is 491 g/mol. The number of rotatable bonds is 6. The van der Waals surface area contributed by atoms with Crippen molar-refractivity contribution in [2.24, 2.45) is 11.8 Å². The molecule has 2 aromatic heterocycles. The Bertz CT molecular complexity index is 1070. The van der Waals surface area contributed by atoms with Crippen molar-refractivity contribution in [3.63, 3.8) is 0 Å². The van der Waals surface area contributed by atoms with Crippen LogP contribution in [0.5, 0.6) is 0 Å². The molecule has 0 saturated carbocycles. The van der Waals surface area contributed by atoms with E-state index < -0.39 is 10.0 Å². The zero-order valence-electron chi connectivity index (χ0n) is 18.8. The predicted molar refractivity (Wildman–Crippen MR) is 126 cm³/mol. The van der Waals surface area contributed by atoms with Gasteiger partial charge in [-0.15, -0.1) is 11.3 Å². The molecule has 2 aromatic rings. The number of carbonyl (C=O) groups excluding carboxylic acids is 2. The zero-order valence-corrected chi connectivity index (χ0v) is 20.4. The first-order valence-corrected chi connectivity index (χ1v) is 13.7. The second kappa shape index (κ2) is 10.3. The summed E-state index contributed by atoms with van der Waals surface area (Å²) in [6.45, 7) is 4.61. The van der Waals surface area contributed by atoms with Crippen molar-refractivity contribution in [1.29, 1.82) is 0 Å². The summed E-state index contributed by atoms with van der Waals surface area (Å²) in [6, 6.07) is 5.22. The summed E-state index contributed by atoms with van der Waals surface area (Å²) in [6.07, 6.45) is 6.29. The fraction of sp³-hybridized carbons (Fsp3) is 0.522. The van der Waals surface area contributed by atoms with Gasteiger partial charge in [-0.1, -0.05) is 13.0 Å². The molecule has 33 heavy (non-hydrogen) atoms. The molecule has 0 bridgehead atoms. The predicted octanol–water partition coefficient (Wildman–Crippen LogP) is 2.73. The number of hydrogen-bond acceptors (Lipinski definition) is 6. The standard InChI is InChI=1S/C23H30N4O4S2/c1-17-4-9-26(10-5-17)23(29)20-13-21(32-16-20)33(30,31)27-11-6-19(7-12-27)22(28)25-15-18-3-2-8-24-14-18/h2-3,8,13-14,16-17,19H,4-7,9-12,15H2,1H3,(H,25,28). The third-order valence-corrected chi connectivity index (χ3v) is 9.82. The van der Waals surface area contributed by atoms with Gasteiger partial charge in [0.05, 0.1) is 5.56 Å². The monoisotopic (exact) mass is 490 g/mol. The Morgan fingerprint density at radius 3 is 2.55 bits per heavy atom. The molecule has 2 saturated heterocycles. The van der Waals surface area contributed by atoms with Crippen molar-refractivity contribution in [2.75, 3.05) is 26.2 Å². The molecule has 2 amide bonds. The number of sulfonamides is 1. The number of piperidine rings is 2. The molecule has 0 spiro atoms. The quantitative estimate of drug-likeness (QED) is 0.671. The minimum atomic E-state index is -3.68. The van der Waals surface area contributed by atoms with Crippen LogP contribution < -0.4 is 5.32 Å². The van der Waals surface area contributed by atoms with Gasteiger partial charge in [-0.2, -0.15) is 4.31 Å². The summed E-state index contributed by atoms with van der Waals surface area (Å²) < 4.78 is 27.9. The Kier molecular flexibility index (Phi) is 7.45. The van der Waals surface area contributed by atoms with Gasteiger partial charge in [0.1, 0.15) is 4.21 Å². The second-order valence-corrected chi connectivity index (χ2v) is 12.0.